The first-order valence-electron chi connectivity index (χ1n) is 8.66. The quantitative estimate of drug-likeness (QED) is 0.427. The predicted molar refractivity (Wildman–Crippen MR) is 121 cm³/mol. The number of halogens is 3. The molecule has 0 aromatic heterocycles. The van der Waals surface area contributed by atoms with E-state index in [-0.39, 0.29) is 22.0 Å². The normalized spacial score (nSPS) is 11.2. The molecule has 3 aromatic carbocycles. The first-order valence-corrected chi connectivity index (χ1v) is 11.3. The van der Waals surface area contributed by atoms with Crippen LogP contribution in [-0.4, -0.2) is 14.3 Å². The Morgan fingerprint density at radius 1 is 0.968 bits per heavy atom. The van der Waals surface area contributed by atoms with Crippen LogP contribution < -0.4 is 20.9 Å². The van der Waals surface area contributed by atoms with E-state index in [1.54, 1.807) is 36.4 Å². The third kappa shape index (κ3) is 6.03. The van der Waals surface area contributed by atoms with Gasteiger partial charge in [-0.05, 0) is 48.0 Å². The fraction of sp³-hybridized carbons (Fsp3) is 0.0500. The molecule has 0 saturated heterocycles. The van der Waals surface area contributed by atoms with Gasteiger partial charge in [0.2, 0.25) is 10.0 Å². The summed E-state index contributed by atoms with van der Waals surface area (Å²) in [5.41, 5.74) is 6.97. The van der Waals surface area contributed by atoms with E-state index < -0.39 is 15.9 Å². The van der Waals surface area contributed by atoms with E-state index in [4.69, 9.17) is 50.4 Å². The van der Waals surface area contributed by atoms with Crippen LogP contribution in [0.5, 0.6) is 11.5 Å². The summed E-state index contributed by atoms with van der Waals surface area (Å²) in [4.78, 5) is 12.1. The summed E-state index contributed by atoms with van der Waals surface area (Å²) in [7, 11) is -4.06. The molecule has 3 aromatic rings. The van der Waals surface area contributed by atoms with E-state index >= 15 is 0 Å². The molecule has 31 heavy (non-hydrogen) atoms. The van der Waals surface area contributed by atoms with Gasteiger partial charge in [-0.25, -0.2) is 13.6 Å². The Hall–Kier alpha value is -2.49. The second-order valence-corrected chi connectivity index (χ2v) is 9.24. The maximum absolute atomic E-state index is 12.5. The molecule has 7 nitrogen and oxygen atoms in total. The number of sulfonamides is 1. The lowest BCUT2D eigenvalue weighted by atomic mass is 10.2. The minimum Gasteiger partial charge on any atom is -0.456 e. The molecule has 0 aliphatic heterocycles. The molecule has 0 fully saturated rings. The van der Waals surface area contributed by atoms with Gasteiger partial charge in [-0.2, -0.15) is 0 Å². The highest BCUT2D eigenvalue weighted by Crippen LogP contribution is 2.32. The van der Waals surface area contributed by atoms with Gasteiger partial charge >= 0.3 is 0 Å². The number of ether oxygens (including phenoxy) is 1. The molecule has 1 amide bonds. The van der Waals surface area contributed by atoms with Crippen molar-refractivity contribution in [2.45, 2.75) is 11.4 Å². The molecule has 0 bridgehead atoms. The molecule has 162 valence electrons. The van der Waals surface area contributed by atoms with Crippen molar-refractivity contribution in [3.63, 3.8) is 0 Å². The van der Waals surface area contributed by atoms with Gasteiger partial charge in [0.15, 0.2) is 0 Å². The lowest BCUT2D eigenvalue weighted by molar-refractivity contribution is 0.0950. The van der Waals surface area contributed by atoms with Crippen LogP contribution >= 0.6 is 34.8 Å². The number of carbonyl (C=O) groups is 1. The number of anilines is 1. The number of hydrogen-bond acceptors (Lipinski definition) is 5. The third-order valence-electron chi connectivity index (χ3n) is 4.07. The molecular formula is C20H16Cl3N3O4S. The van der Waals surface area contributed by atoms with Gasteiger partial charge in [0.05, 0.1) is 10.0 Å². The van der Waals surface area contributed by atoms with Crippen molar-refractivity contribution >= 4 is 56.4 Å². The molecule has 0 spiro atoms. The number of nitrogen functional groups attached to an aromatic ring is 1. The molecule has 3 rings (SSSR count). The van der Waals surface area contributed by atoms with Gasteiger partial charge in [0.1, 0.15) is 16.4 Å². The van der Waals surface area contributed by atoms with Crippen LogP contribution in [0.2, 0.25) is 15.1 Å². The molecule has 0 radical (unpaired) electrons. The van der Waals surface area contributed by atoms with Gasteiger partial charge in [0, 0.05) is 28.9 Å². The Labute approximate surface area is 193 Å². The standard InChI is InChI=1S/C20H16Cl3N3O4S/c21-13-7-14(24)9-15(8-13)30-18-5-11(1-3-16(18)22)10-26-20(27)12-2-4-17(23)19(6-12)31(25,28)29/h1-9H,10,24H2,(H,26,27)(H2,25,28,29). The van der Waals surface area contributed by atoms with Crippen LogP contribution in [0, 0.1) is 0 Å². The molecule has 0 saturated carbocycles. The van der Waals surface area contributed by atoms with Crippen molar-refractivity contribution < 1.29 is 17.9 Å². The van der Waals surface area contributed by atoms with E-state index in [1.807, 2.05) is 0 Å². The largest absolute Gasteiger partial charge is 0.456 e. The monoisotopic (exact) mass is 499 g/mol. The minimum atomic E-state index is -4.06. The van der Waals surface area contributed by atoms with Crippen molar-refractivity contribution in [3.8, 4) is 11.5 Å². The van der Waals surface area contributed by atoms with E-state index in [0.29, 0.717) is 32.8 Å². The van der Waals surface area contributed by atoms with E-state index in [1.165, 1.54) is 12.1 Å². The topological polar surface area (TPSA) is 125 Å². The number of primary sulfonamides is 1. The average molecular weight is 501 g/mol. The lowest BCUT2D eigenvalue weighted by Crippen LogP contribution is -2.23. The average Bonchev–Trinajstić information content (AvgIpc) is 2.67. The smallest absolute Gasteiger partial charge is 0.251 e. The molecule has 0 aliphatic rings. The zero-order valence-electron chi connectivity index (χ0n) is 15.7. The fourth-order valence-corrected chi connectivity index (χ4v) is 4.11. The summed E-state index contributed by atoms with van der Waals surface area (Å²) >= 11 is 18.0. The maximum Gasteiger partial charge on any atom is 0.251 e. The summed E-state index contributed by atoms with van der Waals surface area (Å²) in [6, 6.07) is 13.6. The van der Waals surface area contributed by atoms with Crippen molar-refractivity contribution in [2.24, 2.45) is 5.14 Å². The predicted octanol–water partition coefficient (Wildman–Crippen LogP) is 4.60. The SMILES string of the molecule is Nc1cc(Cl)cc(Oc2cc(CNC(=O)c3ccc(Cl)c(S(N)(=O)=O)c3)ccc2Cl)c1. The van der Waals surface area contributed by atoms with Crippen molar-refractivity contribution in [1.82, 2.24) is 5.32 Å². The van der Waals surface area contributed by atoms with Crippen molar-refractivity contribution in [1.29, 1.82) is 0 Å². The summed E-state index contributed by atoms with van der Waals surface area (Å²) in [6.07, 6.45) is 0. The molecule has 5 N–H and O–H groups in total. The number of carbonyl (C=O) groups excluding carboxylic acids is 1. The Kier molecular flexibility index (Phi) is 6.98. The van der Waals surface area contributed by atoms with Crippen molar-refractivity contribution in [3.05, 3.63) is 80.8 Å². The van der Waals surface area contributed by atoms with Crippen LogP contribution in [-0.2, 0) is 16.6 Å². The summed E-state index contributed by atoms with van der Waals surface area (Å²) in [5, 5.41) is 8.50. The highest BCUT2D eigenvalue weighted by molar-refractivity contribution is 7.89. The Morgan fingerprint density at radius 3 is 2.35 bits per heavy atom. The summed E-state index contributed by atoms with van der Waals surface area (Å²) < 4.78 is 28.9. The number of nitrogens with two attached hydrogens (primary N) is 2. The highest BCUT2D eigenvalue weighted by atomic mass is 35.5. The number of amides is 1. The second-order valence-electron chi connectivity index (χ2n) is 6.46. The molecule has 11 heteroatoms. The van der Waals surface area contributed by atoms with Crippen LogP contribution in [0.25, 0.3) is 0 Å². The van der Waals surface area contributed by atoms with Gasteiger partial charge in [-0.1, -0.05) is 40.9 Å². The van der Waals surface area contributed by atoms with E-state index in [9.17, 15) is 13.2 Å². The number of benzene rings is 3. The number of hydrogen-bond donors (Lipinski definition) is 3. The molecule has 0 unspecified atom stereocenters. The Morgan fingerprint density at radius 2 is 1.68 bits per heavy atom. The third-order valence-corrected chi connectivity index (χ3v) is 5.99. The maximum atomic E-state index is 12.5. The Balaban J connectivity index is 1.75. The van der Waals surface area contributed by atoms with Crippen molar-refractivity contribution in [2.75, 3.05) is 5.73 Å². The van der Waals surface area contributed by atoms with Gasteiger partial charge in [0.25, 0.3) is 5.91 Å². The summed E-state index contributed by atoms with van der Waals surface area (Å²) in [6.45, 7) is 0.122. The zero-order chi connectivity index (χ0) is 22.8. The molecule has 0 atom stereocenters. The number of nitrogens with one attached hydrogen (secondary N) is 1. The van der Waals surface area contributed by atoms with E-state index in [0.717, 1.165) is 6.07 Å². The van der Waals surface area contributed by atoms with Crippen LogP contribution in [0.1, 0.15) is 15.9 Å². The van der Waals surface area contributed by atoms with Crippen LogP contribution in [0.4, 0.5) is 5.69 Å². The van der Waals surface area contributed by atoms with Gasteiger partial charge < -0.3 is 15.8 Å². The molecule has 0 heterocycles. The van der Waals surface area contributed by atoms with Gasteiger partial charge in [-0.3, -0.25) is 4.79 Å². The second kappa shape index (κ2) is 9.33. The first-order chi connectivity index (χ1) is 14.5. The van der Waals surface area contributed by atoms with Crippen LogP contribution in [0.3, 0.4) is 0 Å². The van der Waals surface area contributed by atoms with Gasteiger partial charge in [-0.15, -0.1) is 0 Å². The van der Waals surface area contributed by atoms with Crippen LogP contribution in [0.15, 0.2) is 59.5 Å². The zero-order valence-corrected chi connectivity index (χ0v) is 18.8. The number of rotatable bonds is 6. The fourth-order valence-electron chi connectivity index (χ4n) is 2.65. The minimum absolute atomic E-state index is 0.0693. The highest BCUT2D eigenvalue weighted by Gasteiger charge is 2.16. The Bertz CT molecular complexity index is 1250. The molecular weight excluding hydrogens is 485 g/mol. The summed E-state index contributed by atoms with van der Waals surface area (Å²) in [5.74, 6) is 0.240. The van der Waals surface area contributed by atoms with E-state index in [2.05, 4.69) is 5.32 Å². The molecule has 0 aliphatic carbocycles. The first kappa shape index (κ1) is 23.2. The lowest BCUT2D eigenvalue weighted by Gasteiger charge is -2.12.